The minimum Gasteiger partial charge on any atom is -0.391 e. The molecule has 0 saturated carbocycles. The first-order valence-electron chi connectivity index (χ1n) is 5.78. The number of nitrogens with zero attached hydrogens (tertiary/aromatic N) is 2. The van der Waals surface area contributed by atoms with E-state index in [1.165, 1.54) is 0 Å². The molecule has 2 atom stereocenters. The molecule has 0 bridgehead atoms. The topological polar surface area (TPSA) is 68.4 Å². The first-order valence-corrected chi connectivity index (χ1v) is 6.94. The summed E-state index contributed by atoms with van der Waals surface area (Å²) in [6.45, 7) is 6.34. The van der Waals surface area contributed by atoms with Crippen LogP contribution in [-0.4, -0.2) is 39.5 Å². The van der Waals surface area contributed by atoms with Crippen molar-refractivity contribution in [3.8, 4) is 0 Å². The second-order valence-corrected chi connectivity index (χ2v) is 5.69. The van der Waals surface area contributed by atoms with Gasteiger partial charge in [-0.15, -0.1) is 0 Å². The van der Waals surface area contributed by atoms with Crippen LogP contribution in [0.1, 0.15) is 38.4 Å². The Kier molecular flexibility index (Phi) is 3.75. The van der Waals surface area contributed by atoms with Gasteiger partial charge in [0, 0.05) is 18.1 Å². The second kappa shape index (κ2) is 4.96. The zero-order chi connectivity index (χ0) is 12.5. The van der Waals surface area contributed by atoms with Crippen LogP contribution in [-0.2, 0) is 10.3 Å². The van der Waals surface area contributed by atoms with Crippen LogP contribution in [0.25, 0.3) is 0 Å². The molecule has 2 heterocycles. The molecule has 1 aliphatic rings. The lowest BCUT2D eigenvalue weighted by atomic mass is 10.1. The molecule has 0 aliphatic carbocycles. The molecule has 2 unspecified atom stereocenters. The molecule has 1 N–H and O–H groups in total. The van der Waals surface area contributed by atoms with Gasteiger partial charge in [0.25, 0.3) is 0 Å². The Balaban J connectivity index is 2.15. The Morgan fingerprint density at radius 2 is 2.29 bits per heavy atom. The van der Waals surface area contributed by atoms with Crippen molar-refractivity contribution >= 4 is 11.8 Å². The Hall–Kier alpha value is -0.590. The van der Waals surface area contributed by atoms with Crippen LogP contribution in [0.2, 0.25) is 0 Å². The third kappa shape index (κ3) is 2.64. The van der Waals surface area contributed by atoms with Crippen LogP contribution in [0.15, 0.2) is 4.52 Å². The van der Waals surface area contributed by atoms with E-state index in [0.29, 0.717) is 18.3 Å². The molecular weight excluding hydrogens is 240 g/mol. The van der Waals surface area contributed by atoms with Crippen molar-refractivity contribution in [2.24, 2.45) is 0 Å². The Labute approximate surface area is 105 Å². The average molecular weight is 258 g/mol. The van der Waals surface area contributed by atoms with E-state index < -0.39 is 5.60 Å². The van der Waals surface area contributed by atoms with Crippen molar-refractivity contribution in [3.05, 3.63) is 11.7 Å². The SMILES string of the molecule is CCOC(C)(C)c1noc(C2CSCC2O)n1. The molecule has 1 aromatic heterocycles. The predicted molar refractivity (Wildman–Crippen MR) is 65.0 cm³/mol. The van der Waals surface area contributed by atoms with Crippen molar-refractivity contribution in [1.29, 1.82) is 0 Å². The van der Waals surface area contributed by atoms with E-state index in [4.69, 9.17) is 9.26 Å². The van der Waals surface area contributed by atoms with Gasteiger partial charge in [-0.3, -0.25) is 0 Å². The highest BCUT2D eigenvalue weighted by molar-refractivity contribution is 7.99. The van der Waals surface area contributed by atoms with E-state index in [1.807, 2.05) is 20.8 Å². The van der Waals surface area contributed by atoms with E-state index >= 15 is 0 Å². The molecule has 0 aromatic carbocycles. The van der Waals surface area contributed by atoms with Gasteiger partial charge in [-0.05, 0) is 20.8 Å². The molecule has 5 nitrogen and oxygen atoms in total. The number of hydrogen-bond acceptors (Lipinski definition) is 6. The fourth-order valence-corrected chi connectivity index (χ4v) is 3.06. The maximum absolute atomic E-state index is 9.78. The van der Waals surface area contributed by atoms with Crippen molar-refractivity contribution in [3.63, 3.8) is 0 Å². The van der Waals surface area contributed by atoms with Gasteiger partial charge in [0.15, 0.2) is 0 Å². The molecule has 0 radical (unpaired) electrons. The summed E-state index contributed by atoms with van der Waals surface area (Å²) in [4.78, 5) is 4.36. The predicted octanol–water partition coefficient (Wildman–Crippen LogP) is 1.53. The van der Waals surface area contributed by atoms with E-state index in [9.17, 15) is 5.11 Å². The van der Waals surface area contributed by atoms with Crippen LogP contribution < -0.4 is 0 Å². The number of thioether (sulfide) groups is 1. The first-order chi connectivity index (χ1) is 8.04. The molecule has 1 saturated heterocycles. The number of hydrogen-bond donors (Lipinski definition) is 1. The smallest absolute Gasteiger partial charge is 0.233 e. The number of aromatic nitrogens is 2. The zero-order valence-corrected chi connectivity index (χ0v) is 11.2. The number of aliphatic hydroxyl groups is 1. The molecule has 1 fully saturated rings. The summed E-state index contributed by atoms with van der Waals surface area (Å²) < 4.78 is 10.8. The maximum Gasteiger partial charge on any atom is 0.233 e. The molecule has 96 valence electrons. The molecule has 2 rings (SSSR count). The van der Waals surface area contributed by atoms with E-state index in [0.717, 1.165) is 11.5 Å². The number of rotatable bonds is 4. The van der Waals surface area contributed by atoms with Crippen molar-refractivity contribution < 1.29 is 14.4 Å². The summed E-state index contributed by atoms with van der Waals surface area (Å²) in [5.74, 6) is 2.58. The molecule has 6 heteroatoms. The summed E-state index contributed by atoms with van der Waals surface area (Å²) in [6.07, 6.45) is -0.386. The maximum atomic E-state index is 9.78. The van der Waals surface area contributed by atoms with Crippen molar-refractivity contribution in [1.82, 2.24) is 10.1 Å². The van der Waals surface area contributed by atoms with Gasteiger partial charge in [-0.1, -0.05) is 5.16 Å². The lowest BCUT2D eigenvalue weighted by molar-refractivity contribution is -0.0221. The lowest BCUT2D eigenvalue weighted by Gasteiger charge is -2.19. The van der Waals surface area contributed by atoms with E-state index in [2.05, 4.69) is 10.1 Å². The van der Waals surface area contributed by atoms with Gasteiger partial charge in [-0.2, -0.15) is 16.7 Å². The van der Waals surface area contributed by atoms with Crippen LogP contribution in [0.3, 0.4) is 0 Å². The second-order valence-electron chi connectivity index (χ2n) is 4.61. The Bertz CT molecular complexity index is 381. The summed E-state index contributed by atoms with van der Waals surface area (Å²) in [5.41, 5.74) is -0.548. The standard InChI is InChI=1S/C11H18N2O3S/c1-4-15-11(2,3)10-12-9(16-13-10)7-5-17-6-8(7)14/h7-8,14H,4-6H2,1-3H3. The average Bonchev–Trinajstić information content (AvgIpc) is 2.85. The highest BCUT2D eigenvalue weighted by Gasteiger charge is 2.34. The quantitative estimate of drug-likeness (QED) is 0.883. The number of ether oxygens (including phenoxy) is 1. The lowest BCUT2D eigenvalue weighted by Crippen LogP contribution is -2.23. The summed E-state index contributed by atoms with van der Waals surface area (Å²) in [6, 6.07) is 0. The van der Waals surface area contributed by atoms with Gasteiger partial charge in [-0.25, -0.2) is 0 Å². The highest BCUT2D eigenvalue weighted by Crippen LogP contribution is 2.33. The zero-order valence-electron chi connectivity index (χ0n) is 10.3. The van der Waals surface area contributed by atoms with Gasteiger partial charge >= 0.3 is 0 Å². The first kappa shape index (κ1) is 12.9. The van der Waals surface area contributed by atoms with E-state index in [-0.39, 0.29) is 12.0 Å². The van der Waals surface area contributed by atoms with Crippen molar-refractivity contribution in [2.45, 2.75) is 38.4 Å². The fraction of sp³-hybridized carbons (Fsp3) is 0.818. The minimum absolute atomic E-state index is 0.0429. The summed E-state index contributed by atoms with van der Waals surface area (Å²) in [7, 11) is 0. The van der Waals surface area contributed by atoms with Gasteiger partial charge < -0.3 is 14.4 Å². The summed E-state index contributed by atoms with van der Waals surface area (Å²) >= 11 is 1.70. The molecule has 1 aliphatic heterocycles. The van der Waals surface area contributed by atoms with Crippen LogP contribution in [0.4, 0.5) is 0 Å². The molecule has 0 spiro atoms. The van der Waals surface area contributed by atoms with Crippen LogP contribution in [0, 0.1) is 0 Å². The Morgan fingerprint density at radius 1 is 1.53 bits per heavy atom. The third-order valence-corrected chi connectivity index (χ3v) is 4.03. The fourth-order valence-electron chi connectivity index (χ4n) is 1.83. The summed E-state index contributed by atoms with van der Waals surface area (Å²) in [5, 5.41) is 13.7. The van der Waals surface area contributed by atoms with Gasteiger partial charge in [0.05, 0.1) is 12.0 Å². The Morgan fingerprint density at radius 3 is 2.88 bits per heavy atom. The van der Waals surface area contributed by atoms with E-state index in [1.54, 1.807) is 11.8 Å². The van der Waals surface area contributed by atoms with Crippen molar-refractivity contribution in [2.75, 3.05) is 18.1 Å². The third-order valence-electron chi connectivity index (χ3n) is 2.85. The minimum atomic E-state index is -0.548. The van der Waals surface area contributed by atoms with Crippen LogP contribution in [0.5, 0.6) is 0 Å². The highest BCUT2D eigenvalue weighted by atomic mass is 32.2. The van der Waals surface area contributed by atoms with Crippen LogP contribution >= 0.6 is 11.8 Å². The normalized spacial score (nSPS) is 25.4. The largest absolute Gasteiger partial charge is 0.391 e. The molecule has 17 heavy (non-hydrogen) atoms. The van der Waals surface area contributed by atoms with Gasteiger partial charge in [0.1, 0.15) is 5.60 Å². The number of aliphatic hydroxyl groups excluding tert-OH is 1. The van der Waals surface area contributed by atoms with Gasteiger partial charge in [0.2, 0.25) is 11.7 Å². The monoisotopic (exact) mass is 258 g/mol. The molecular formula is C11H18N2O3S. The molecule has 1 aromatic rings. The molecule has 0 amide bonds.